The molecule has 5 heteroatoms. The zero-order valence-corrected chi connectivity index (χ0v) is 17.5. The molecule has 28 heavy (non-hydrogen) atoms. The zero-order chi connectivity index (χ0) is 20.7. The summed E-state index contributed by atoms with van der Waals surface area (Å²) >= 11 is 6.01. The van der Waals surface area contributed by atoms with Crippen LogP contribution in [0.4, 0.5) is 0 Å². The Morgan fingerprint density at radius 3 is 2.54 bits per heavy atom. The van der Waals surface area contributed by atoms with Crippen LogP contribution in [0, 0.1) is 16.7 Å². The van der Waals surface area contributed by atoms with Crippen LogP contribution in [-0.2, 0) is 11.2 Å². The van der Waals surface area contributed by atoms with Gasteiger partial charge < -0.3 is 11.1 Å². The Labute approximate surface area is 172 Å². The summed E-state index contributed by atoms with van der Waals surface area (Å²) in [5.41, 5.74) is 8.01. The summed E-state index contributed by atoms with van der Waals surface area (Å²) in [7, 11) is 0. The van der Waals surface area contributed by atoms with E-state index in [1.54, 1.807) is 6.07 Å². The predicted octanol–water partition coefficient (Wildman–Crippen LogP) is 4.42. The number of hydrogen-bond acceptors (Lipinski definition) is 3. The zero-order valence-electron chi connectivity index (χ0n) is 16.7. The summed E-state index contributed by atoms with van der Waals surface area (Å²) in [5.74, 6) is -0.0279. The number of hydrogen-bond donors (Lipinski definition) is 2. The van der Waals surface area contributed by atoms with Gasteiger partial charge in [0, 0.05) is 23.5 Å². The minimum absolute atomic E-state index is 0.0114. The Kier molecular flexibility index (Phi) is 7.62. The van der Waals surface area contributed by atoms with Crippen LogP contribution in [-0.4, -0.2) is 18.5 Å². The third-order valence-electron chi connectivity index (χ3n) is 5.55. The molecule has 3 N–H and O–H groups in total. The van der Waals surface area contributed by atoms with Crippen molar-refractivity contribution < 1.29 is 4.79 Å². The van der Waals surface area contributed by atoms with Crippen molar-refractivity contribution in [1.29, 1.82) is 5.26 Å². The molecule has 2 rings (SSSR count). The van der Waals surface area contributed by atoms with Crippen molar-refractivity contribution >= 4 is 17.5 Å². The van der Waals surface area contributed by atoms with Gasteiger partial charge in [0.25, 0.3) is 0 Å². The van der Waals surface area contributed by atoms with Crippen molar-refractivity contribution in [1.82, 2.24) is 5.32 Å². The molecule has 2 aromatic carbocycles. The van der Waals surface area contributed by atoms with E-state index in [9.17, 15) is 10.1 Å². The molecule has 1 amide bonds. The molecule has 0 radical (unpaired) electrons. The van der Waals surface area contributed by atoms with E-state index in [1.165, 1.54) is 0 Å². The molecule has 0 spiro atoms. The van der Waals surface area contributed by atoms with E-state index < -0.39 is 5.41 Å². The molecule has 148 valence electrons. The fraction of sp³-hybridized carbons (Fsp3) is 0.391. The Morgan fingerprint density at radius 1 is 1.29 bits per heavy atom. The van der Waals surface area contributed by atoms with Crippen molar-refractivity contribution in [2.45, 2.75) is 45.6 Å². The maximum absolute atomic E-state index is 12.8. The molecule has 0 aliphatic carbocycles. The maximum Gasteiger partial charge on any atom is 0.227 e. The van der Waals surface area contributed by atoms with Gasteiger partial charge >= 0.3 is 0 Å². The number of carbonyl (C=O) groups excluding carboxylic acids is 1. The van der Waals surface area contributed by atoms with Crippen LogP contribution in [0.2, 0.25) is 5.02 Å². The molecular weight excluding hydrogens is 370 g/mol. The summed E-state index contributed by atoms with van der Waals surface area (Å²) in [6, 6.07) is 17.4. The molecular formula is C23H28ClN3O. The number of nitriles is 1. The third-order valence-corrected chi connectivity index (χ3v) is 5.81. The smallest absolute Gasteiger partial charge is 0.227 e. The van der Waals surface area contributed by atoms with Gasteiger partial charge in [-0.2, -0.15) is 5.26 Å². The number of amides is 1. The number of nitrogens with two attached hydrogens (primary N) is 1. The molecule has 0 heterocycles. The Balaban J connectivity index is 2.32. The average molecular weight is 398 g/mol. The van der Waals surface area contributed by atoms with Crippen molar-refractivity contribution in [3.8, 4) is 6.07 Å². The molecule has 2 unspecified atom stereocenters. The molecule has 0 aromatic heterocycles. The lowest BCUT2D eigenvalue weighted by Crippen LogP contribution is -2.48. The van der Waals surface area contributed by atoms with Crippen molar-refractivity contribution in [3.63, 3.8) is 0 Å². The quantitative estimate of drug-likeness (QED) is 0.692. The summed E-state index contributed by atoms with van der Waals surface area (Å²) < 4.78 is 0. The van der Waals surface area contributed by atoms with Crippen molar-refractivity contribution in [2.24, 2.45) is 11.1 Å². The van der Waals surface area contributed by atoms with Crippen molar-refractivity contribution in [3.05, 3.63) is 70.2 Å². The third kappa shape index (κ3) is 5.34. The Hall–Kier alpha value is -2.35. The predicted molar refractivity (Wildman–Crippen MR) is 114 cm³/mol. The van der Waals surface area contributed by atoms with Crippen LogP contribution < -0.4 is 11.1 Å². The van der Waals surface area contributed by atoms with E-state index in [0.29, 0.717) is 23.6 Å². The Morgan fingerprint density at radius 2 is 1.96 bits per heavy atom. The van der Waals surface area contributed by atoms with Gasteiger partial charge in [0.2, 0.25) is 5.91 Å². The first kappa shape index (κ1) is 21.9. The normalized spacial score (nSPS) is 15.1. The second-order valence-corrected chi connectivity index (χ2v) is 7.99. The standard InChI is InChI=1S/C23H28ClN3O/c1-4-23(3,15-26)22(28)27-16(2)21(13-17-8-10-20(24)11-9-17)19-7-5-6-18(12-19)14-25/h5-12,16,21H,4,13,15,26H2,1-3H3,(H,27,28)/t16-,21?,23?/m0/s1. The van der Waals surface area contributed by atoms with Gasteiger partial charge in [0.05, 0.1) is 17.0 Å². The molecule has 3 atom stereocenters. The summed E-state index contributed by atoms with van der Waals surface area (Å²) in [5, 5.41) is 13.1. The Bertz CT molecular complexity index is 838. The van der Waals surface area contributed by atoms with Crippen LogP contribution in [0.3, 0.4) is 0 Å². The largest absolute Gasteiger partial charge is 0.353 e. The van der Waals surface area contributed by atoms with Crippen LogP contribution >= 0.6 is 11.6 Å². The van der Waals surface area contributed by atoms with Gasteiger partial charge in [-0.1, -0.05) is 42.8 Å². The second-order valence-electron chi connectivity index (χ2n) is 7.55. The molecule has 2 aromatic rings. The number of rotatable bonds is 8. The lowest BCUT2D eigenvalue weighted by Gasteiger charge is -2.31. The van der Waals surface area contributed by atoms with Gasteiger partial charge in [-0.25, -0.2) is 0 Å². The fourth-order valence-electron chi connectivity index (χ4n) is 3.18. The number of nitrogens with one attached hydrogen (secondary N) is 1. The highest BCUT2D eigenvalue weighted by Crippen LogP contribution is 2.28. The van der Waals surface area contributed by atoms with E-state index in [1.807, 2.05) is 63.2 Å². The van der Waals surface area contributed by atoms with E-state index >= 15 is 0 Å². The SMILES string of the molecule is CCC(C)(CN)C(=O)N[C@@H](C)C(Cc1ccc(Cl)cc1)c1cccc(C#N)c1. The van der Waals surface area contributed by atoms with Gasteiger partial charge in [0.1, 0.15) is 0 Å². The van der Waals surface area contributed by atoms with E-state index in [4.69, 9.17) is 17.3 Å². The summed E-state index contributed by atoms with van der Waals surface area (Å²) in [6.45, 7) is 6.16. The topological polar surface area (TPSA) is 78.9 Å². The van der Waals surface area contributed by atoms with Crippen LogP contribution in [0.5, 0.6) is 0 Å². The van der Waals surface area contributed by atoms with E-state index in [2.05, 4.69) is 11.4 Å². The highest BCUT2D eigenvalue weighted by atomic mass is 35.5. The van der Waals surface area contributed by atoms with Gasteiger partial charge in [-0.15, -0.1) is 0 Å². The number of nitrogens with zero attached hydrogens (tertiary/aromatic N) is 1. The summed E-state index contributed by atoms with van der Waals surface area (Å²) in [4.78, 5) is 12.8. The molecule has 0 saturated carbocycles. The van der Waals surface area contributed by atoms with E-state index in [0.717, 1.165) is 17.5 Å². The minimum Gasteiger partial charge on any atom is -0.353 e. The monoisotopic (exact) mass is 397 g/mol. The average Bonchev–Trinajstić information content (AvgIpc) is 2.72. The first-order valence-electron chi connectivity index (χ1n) is 9.58. The molecule has 0 fully saturated rings. The lowest BCUT2D eigenvalue weighted by atomic mass is 9.83. The van der Waals surface area contributed by atoms with Gasteiger partial charge in [-0.3, -0.25) is 4.79 Å². The molecule has 0 saturated heterocycles. The highest BCUT2D eigenvalue weighted by Gasteiger charge is 2.32. The van der Waals surface area contributed by atoms with E-state index in [-0.39, 0.29) is 17.9 Å². The first-order valence-corrected chi connectivity index (χ1v) is 9.96. The number of benzene rings is 2. The highest BCUT2D eigenvalue weighted by molar-refractivity contribution is 6.30. The number of halogens is 1. The molecule has 4 nitrogen and oxygen atoms in total. The molecule has 0 aliphatic heterocycles. The fourth-order valence-corrected chi connectivity index (χ4v) is 3.30. The minimum atomic E-state index is -0.590. The maximum atomic E-state index is 12.8. The lowest BCUT2D eigenvalue weighted by molar-refractivity contribution is -0.130. The summed E-state index contributed by atoms with van der Waals surface area (Å²) in [6.07, 6.45) is 1.40. The van der Waals surface area contributed by atoms with Crippen LogP contribution in [0.1, 0.15) is 49.8 Å². The second kappa shape index (κ2) is 9.73. The van der Waals surface area contributed by atoms with Crippen LogP contribution in [0.25, 0.3) is 0 Å². The van der Waals surface area contributed by atoms with Crippen LogP contribution in [0.15, 0.2) is 48.5 Å². The van der Waals surface area contributed by atoms with Gasteiger partial charge in [-0.05, 0) is 62.1 Å². The van der Waals surface area contributed by atoms with Crippen molar-refractivity contribution in [2.75, 3.05) is 6.54 Å². The molecule has 0 bridgehead atoms. The molecule has 0 aliphatic rings. The van der Waals surface area contributed by atoms with Gasteiger partial charge in [0.15, 0.2) is 0 Å². The first-order chi connectivity index (χ1) is 13.3. The number of carbonyl (C=O) groups is 1.